The van der Waals surface area contributed by atoms with Gasteiger partial charge < -0.3 is 29.8 Å². The number of ether oxygens (including phenoxy) is 1. The van der Waals surface area contributed by atoms with Crippen LogP contribution < -0.4 is 5.32 Å². The van der Waals surface area contributed by atoms with E-state index in [9.17, 15) is 0 Å². The van der Waals surface area contributed by atoms with Gasteiger partial charge in [-0.3, -0.25) is 0 Å². The number of nitrogens with one attached hydrogen (secondary N) is 4. The van der Waals surface area contributed by atoms with Gasteiger partial charge in [-0.05, 0) is 42.3 Å². The number of hydrogen-bond donors (Lipinski definition) is 4. The summed E-state index contributed by atoms with van der Waals surface area (Å²) < 4.78 is 11.7. The molecule has 0 aliphatic heterocycles. The van der Waals surface area contributed by atoms with Gasteiger partial charge in [-0.1, -0.05) is 31.2 Å². The standard InChI is InChI=1S/C30H28N6O2/c1-2-14-37-15-13-34-30-28-27(35-29(36-30)24-6-4-8-26-23(24)10-12-33-26)20(18-38-28)16-19(17-31)21-5-3-7-25-22(21)9-11-32-25/h3-12,16-18,31-33H,2,13-15H2,1H3,(H,34,35,36). The van der Waals surface area contributed by atoms with E-state index in [0.29, 0.717) is 35.9 Å². The third kappa shape index (κ3) is 4.35. The van der Waals surface area contributed by atoms with E-state index in [-0.39, 0.29) is 0 Å². The van der Waals surface area contributed by atoms with Crippen LogP contribution in [0.25, 0.3) is 55.9 Å². The molecule has 0 amide bonds. The molecule has 0 aliphatic carbocycles. The Morgan fingerprint density at radius 2 is 1.79 bits per heavy atom. The topological polar surface area (TPSA) is 116 Å². The van der Waals surface area contributed by atoms with Gasteiger partial charge in [0.05, 0.1) is 6.61 Å². The monoisotopic (exact) mass is 504 g/mol. The van der Waals surface area contributed by atoms with Crippen molar-refractivity contribution in [2.75, 3.05) is 25.1 Å². The Balaban J connectivity index is 1.48. The maximum absolute atomic E-state index is 8.18. The first-order chi connectivity index (χ1) is 18.8. The molecule has 4 heterocycles. The molecule has 4 N–H and O–H groups in total. The number of allylic oxidation sites excluding steroid dienone is 1. The fourth-order valence-corrected chi connectivity index (χ4v) is 4.75. The molecule has 8 heteroatoms. The lowest BCUT2D eigenvalue weighted by Gasteiger charge is -2.10. The Morgan fingerprint density at radius 3 is 2.61 bits per heavy atom. The molecule has 0 fully saturated rings. The van der Waals surface area contributed by atoms with Crippen LogP contribution in [-0.4, -0.2) is 45.9 Å². The third-order valence-corrected chi connectivity index (χ3v) is 6.54. The molecule has 6 aromatic rings. The molecule has 190 valence electrons. The van der Waals surface area contributed by atoms with Gasteiger partial charge in [-0.2, -0.15) is 0 Å². The molecule has 0 unspecified atom stereocenters. The fourth-order valence-electron chi connectivity index (χ4n) is 4.75. The second-order valence-electron chi connectivity index (χ2n) is 9.04. The summed E-state index contributed by atoms with van der Waals surface area (Å²) in [4.78, 5) is 16.3. The molecular weight excluding hydrogens is 476 g/mol. The lowest BCUT2D eigenvalue weighted by Crippen LogP contribution is -2.11. The molecule has 2 aromatic carbocycles. The second kappa shape index (κ2) is 10.4. The lowest BCUT2D eigenvalue weighted by atomic mass is 10.0. The van der Waals surface area contributed by atoms with Crippen LogP contribution in [0.5, 0.6) is 0 Å². The van der Waals surface area contributed by atoms with Crippen molar-refractivity contribution in [3.63, 3.8) is 0 Å². The number of aromatic amines is 2. The van der Waals surface area contributed by atoms with Crippen LogP contribution in [-0.2, 0) is 4.74 Å². The van der Waals surface area contributed by atoms with Crippen LogP contribution in [0.15, 0.2) is 71.6 Å². The summed E-state index contributed by atoms with van der Waals surface area (Å²) in [7, 11) is 0. The molecule has 0 saturated heterocycles. The van der Waals surface area contributed by atoms with Gasteiger partial charge in [0.2, 0.25) is 0 Å². The van der Waals surface area contributed by atoms with Gasteiger partial charge in [-0.25, -0.2) is 9.97 Å². The minimum atomic E-state index is 0.564. The highest BCUT2D eigenvalue weighted by Gasteiger charge is 2.18. The highest BCUT2D eigenvalue weighted by atomic mass is 16.5. The summed E-state index contributed by atoms with van der Waals surface area (Å²) in [5.41, 5.74) is 6.72. The van der Waals surface area contributed by atoms with E-state index in [1.54, 1.807) is 6.26 Å². The van der Waals surface area contributed by atoms with Crippen molar-refractivity contribution in [2.45, 2.75) is 13.3 Å². The quantitative estimate of drug-likeness (QED) is 0.120. The summed E-state index contributed by atoms with van der Waals surface area (Å²) in [6.45, 7) is 3.96. The van der Waals surface area contributed by atoms with Crippen molar-refractivity contribution in [2.24, 2.45) is 0 Å². The average molecular weight is 505 g/mol. The predicted molar refractivity (Wildman–Crippen MR) is 154 cm³/mol. The Kier molecular flexibility index (Phi) is 6.46. The number of aromatic nitrogens is 4. The first-order valence-electron chi connectivity index (χ1n) is 12.7. The number of fused-ring (bicyclic) bond motifs is 3. The highest BCUT2D eigenvalue weighted by molar-refractivity contribution is 6.19. The van der Waals surface area contributed by atoms with Gasteiger partial charge >= 0.3 is 0 Å². The lowest BCUT2D eigenvalue weighted by molar-refractivity contribution is 0.144. The SMILES string of the molecule is CCCOCCNc1nc(-c2cccc3[nH]ccc23)nc2c(C=C(C=N)c3cccc4[nH]ccc34)coc12. The molecule has 4 aromatic heterocycles. The molecule has 8 nitrogen and oxygen atoms in total. The normalized spacial score (nSPS) is 12.1. The third-order valence-electron chi connectivity index (χ3n) is 6.54. The minimum Gasteiger partial charge on any atom is -0.458 e. The molecule has 0 spiro atoms. The Labute approximate surface area is 219 Å². The molecule has 0 radical (unpaired) electrons. The maximum Gasteiger partial charge on any atom is 0.195 e. The summed E-state index contributed by atoms with van der Waals surface area (Å²) in [5.74, 6) is 1.21. The summed E-state index contributed by atoms with van der Waals surface area (Å²) >= 11 is 0. The second-order valence-corrected chi connectivity index (χ2v) is 9.04. The van der Waals surface area contributed by atoms with E-state index in [1.165, 1.54) is 6.21 Å². The Morgan fingerprint density at radius 1 is 1.00 bits per heavy atom. The van der Waals surface area contributed by atoms with Crippen molar-refractivity contribution in [3.05, 3.63) is 78.3 Å². The van der Waals surface area contributed by atoms with Crippen molar-refractivity contribution in [1.82, 2.24) is 19.9 Å². The van der Waals surface area contributed by atoms with Gasteiger partial charge in [0.15, 0.2) is 17.2 Å². The number of benzene rings is 2. The highest BCUT2D eigenvalue weighted by Crippen LogP contribution is 2.34. The van der Waals surface area contributed by atoms with Crippen LogP contribution in [0.1, 0.15) is 24.5 Å². The first kappa shape index (κ1) is 23.7. The maximum atomic E-state index is 8.18. The summed E-state index contributed by atoms with van der Waals surface area (Å²) in [6.07, 6.45) is 9.80. The number of hydrogen-bond acceptors (Lipinski definition) is 6. The van der Waals surface area contributed by atoms with Gasteiger partial charge in [-0.15, -0.1) is 0 Å². The average Bonchev–Trinajstić information content (AvgIpc) is 3.71. The number of rotatable bonds is 10. The van der Waals surface area contributed by atoms with Crippen LogP contribution in [0.4, 0.5) is 5.82 Å². The first-order valence-corrected chi connectivity index (χ1v) is 12.7. The molecule has 0 aliphatic rings. The largest absolute Gasteiger partial charge is 0.458 e. The molecule has 38 heavy (non-hydrogen) atoms. The summed E-state index contributed by atoms with van der Waals surface area (Å²) in [6, 6.07) is 16.1. The fraction of sp³-hybridized carbons (Fsp3) is 0.167. The predicted octanol–water partition coefficient (Wildman–Crippen LogP) is 6.88. The molecular formula is C30H28N6O2. The number of anilines is 1. The van der Waals surface area contributed by atoms with E-state index in [0.717, 1.165) is 57.1 Å². The van der Waals surface area contributed by atoms with Crippen molar-refractivity contribution >= 4 is 56.6 Å². The number of nitrogens with zero attached hydrogens (tertiary/aromatic N) is 2. The Bertz CT molecular complexity index is 1770. The number of furan rings is 1. The minimum absolute atomic E-state index is 0.564. The molecule has 0 saturated carbocycles. The molecule has 0 atom stereocenters. The van der Waals surface area contributed by atoms with Gasteiger partial charge in [0.1, 0.15) is 11.8 Å². The molecule has 0 bridgehead atoms. The molecule has 6 rings (SSSR count). The van der Waals surface area contributed by atoms with E-state index in [2.05, 4.69) is 22.2 Å². The van der Waals surface area contributed by atoms with Crippen LogP contribution in [0.3, 0.4) is 0 Å². The zero-order valence-corrected chi connectivity index (χ0v) is 21.0. The number of H-pyrrole nitrogens is 2. The van der Waals surface area contributed by atoms with Crippen molar-refractivity contribution in [1.29, 1.82) is 5.41 Å². The van der Waals surface area contributed by atoms with E-state index >= 15 is 0 Å². The summed E-state index contributed by atoms with van der Waals surface area (Å²) in [5, 5.41) is 13.7. The van der Waals surface area contributed by atoms with Crippen molar-refractivity contribution in [3.8, 4) is 11.4 Å². The van der Waals surface area contributed by atoms with E-state index in [4.69, 9.17) is 24.5 Å². The van der Waals surface area contributed by atoms with E-state index in [1.807, 2.05) is 67.0 Å². The van der Waals surface area contributed by atoms with Crippen LogP contribution in [0, 0.1) is 5.41 Å². The van der Waals surface area contributed by atoms with E-state index < -0.39 is 0 Å². The zero-order chi connectivity index (χ0) is 25.9. The smallest absolute Gasteiger partial charge is 0.195 e. The van der Waals surface area contributed by atoms with Crippen LogP contribution in [0.2, 0.25) is 0 Å². The van der Waals surface area contributed by atoms with Crippen LogP contribution >= 0.6 is 0 Å². The van der Waals surface area contributed by atoms with Crippen molar-refractivity contribution < 1.29 is 9.15 Å². The van der Waals surface area contributed by atoms with Gasteiger partial charge in [0, 0.05) is 70.3 Å². The zero-order valence-electron chi connectivity index (χ0n) is 21.0. The van der Waals surface area contributed by atoms with Gasteiger partial charge in [0.25, 0.3) is 0 Å². The Hall–Kier alpha value is -4.69.